The van der Waals surface area contributed by atoms with Gasteiger partial charge >= 0.3 is 0 Å². The van der Waals surface area contributed by atoms with E-state index in [2.05, 4.69) is 9.55 Å². The highest BCUT2D eigenvalue weighted by atomic mass is 35.5. The molecule has 4 rings (SSSR count). The summed E-state index contributed by atoms with van der Waals surface area (Å²) in [6.45, 7) is 1.67. The molecule has 2 aromatic heterocycles. The van der Waals surface area contributed by atoms with Gasteiger partial charge in [0.25, 0.3) is 0 Å². The summed E-state index contributed by atoms with van der Waals surface area (Å²) < 4.78 is 7.62. The largest absolute Gasteiger partial charge is 0.381 e. The molecule has 5 heteroatoms. The van der Waals surface area contributed by atoms with Crippen LogP contribution in [-0.2, 0) is 11.2 Å². The molecule has 0 aliphatic carbocycles. The minimum Gasteiger partial charge on any atom is -0.381 e. The van der Waals surface area contributed by atoms with Crippen LogP contribution in [0.1, 0.15) is 12.2 Å². The monoisotopic (exact) mass is 313 g/mol. The normalized spacial score (nSPS) is 18.1. The average molecular weight is 314 g/mol. The number of rotatable bonds is 3. The lowest BCUT2D eigenvalue weighted by molar-refractivity contribution is 0.185. The van der Waals surface area contributed by atoms with Gasteiger partial charge in [-0.05, 0) is 48.7 Å². The molecular formula is C17H16ClN3O. The molecule has 112 valence electrons. The second-order valence-corrected chi connectivity index (χ2v) is 6.06. The molecule has 1 aliphatic rings. The van der Waals surface area contributed by atoms with Crippen molar-refractivity contribution in [2.24, 2.45) is 5.92 Å². The number of ether oxygens (including phenoxy) is 1. The topological polar surface area (TPSA) is 39.9 Å². The van der Waals surface area contributed by atoms with Crippen LogP contribution in [0.5, 0.6) is 0 Å². The number of aromatic nitrogens is 3. The van der Waals surface area contributed by atoms with Crippen LogP contribution < -0.4 is 0 Å². The van der Waals surface area contributed by atoms with Gasteiger partial charge in [0.15, 0.2) is 5.65 Å². The molecule has 3 aromatic rings. The number of fused-ring (bicyclic) bond motifs is 1. The van der Waals surface area contributed by atoms with Crippen LogP contribution in [0.4, 0.5) is 0 Å². The molecule has 1 atom stereocenters. The van der Waals surface area contributed by atoms with Gasteiger partial charge < -0.3 is 4.74 Å². The number of benzene rings is 1. The van der Waals surface area contributed by atoms with Crippen molar-refractivity contribution < 1.29 is 4.74 Å². The maximum atomic E-state index is 6.01. The standard InChI is InChI=1S/C17H16ClN3O/c18-13-3-5-14(6-4-13)21-16(10-12-7-9-22-11-12)20-15-2-1-8-19-17(15)21/h1-6,8,12H,7,9-11H2. The van der Waals surface area contributed by atoms with Gasteiger partial charge in [-0.15, -0.1) is 0 Å². The van der Waals surface area contributed by atoms with E-state index >= 15 is 0 Å². The smallest absolute Gasteiger partial charge is 0.164 e. The Bertz CT molecular complexity index is 791. The first-order valence-electron chi connectivity index (χ1n) is 7.47. The molecule has 3 heterocycles. The fraction of sp³-hybridized carbons (Fsp3) is 0.294. The predicted octanol–water partition coefficient (Wildman–Crippen LogP) is 3.65. The Labute approximate surface area is 133 Å². The van der Waals surface area contributed by atoms with Crippen molar-refractivity contribution in [3.8, 4) is 5.69 Å². The third kappa shape index (κ3) is 2.49. The Kier molecular flexibility index (Phi) is 3.56. The molecular weight excluding hydrogens is 298 g/mol. The molecule has 0 bridgehead atoms. The van der Waals surface area contributed by atoms with Crippen LogP contribution in [0, 0.1) is 5.92 Å². The van der Waals surface area contributed by atoms with E-state index in [-0.39, 0.29) is 0 Å². The molecule has 0 radical (unpaired) electrons. The molecule has 1 unspecified atom stereocenters. The van der Waals surface area contributed by atoms with E-state index in [1.807, 2.05) is 36.4 Å². The van der Waals surface area contributed by atoms with Gasteiger partial charge in [0.2, 0.25) is 0 Å². The highest BCUT2D eigenvalue weighted by molar-refractivity contribution is 6.30. The van der Waals surface area contributed by atoms with E-state index in [0.29, 0.717) is 5.92 Å². The number of nitrogens with zero attached hydrogens (tertiary/aromatic N) is 3. The first-order chi connectivity index (χ1) is 10.8. The van der Waals surface area contributed by atoms with Crippen molar-refractivity contribution in [1.29, 1.82) is 0 Å². The summed E-state index contributed by atoms with van der Waals surface area (Å²) in [7, 11) is 0. The molecule has 1 fully saturated rings. The van der Waals surface area contributed by atoms with Crippen LogP contribution in [0.25, 0.3) is 16.9 Å². The summed E-state index contributed by atoms with van der Waals surface area (Å²) >= 11 is 6.01. The molecule has 22 heavy (non-hydrogen) atoms. The SMILES string of the molecule is Clc1ccc(-n2c(CC3CCOC3)nc3cccnc32)cc1. The van der Waals surface area contributed by atoms with Gasteiger partial charge in [-0.3, -0.25) is 4.57 Å². The molecule has 1 saturated heterocycles. The lowest BCUT2D eigenvalue weighted by Gasteiger charge is -2.11. The molecule has 4 nitrogen and oxygen atoms in total. The van der Waals surface area contributed by atoms with Gasteiger partial charge in [-0.25, -0.2) is 9.97 Å². The van der Waals surface area contributed by atoms with Crippen molar-refractivity contribution in [2.45, 2.75) is 12.8 Å². The number of hydrogen-bond donors (Lipinski definition) is 0. The quantitative estimate of drug-likeness (QED) is 0.741. The first kappa shape index (κ1) is 13.7. The van der Waals surface area contributed by atoms with Gasteiger partial charge in [-0.1, -0.05) is 11.6 Å². The van der Waals surface area contributed by atoms with Crippen molar-refractivity contribution in [1.82, 2.24) is 14.5 Å². The van der Waals surface area contributed by atoms with Crippen molar-refractivity contribution >= 4 is 22.8 Å². The lowest BCUT2D eigenvalue weighted by atomic mass is 10.0. The van der Waals surface area contributed by atoms with E-state index in [4.69, 9.17) is 21.3 Å². The van der Waals surface area contributed by atoms with E-state index in [1.165, 1.54) is 0 Å². The number of halogens is 1. The van der Waals surface area contributed by atoms with E-state index < -0.39 is 0 Å². The molecule has 0 saturated carbocycles. The van der Waals surface area contributed by atoms with Crippen LogP contribution in [0.3, 0.4) is 0 Å². The number of imidazole rings is 1. The van der Waals surface area contributed by atoms with E-state index in [0.717, 1.165) is 53.8 Å². The third-order valence-electron chi connectivity index (χ3n) is 4.07. The molecule has 0 amide bonds. The Morgan fingerprint density at radius 1 is 1.23 bits per heavy atom. The summed E-state index contributed by atoms with van der Waals surface area (Å²) in [5, 5.41) is 0.729. The van der Waals surface area contributed by atoms with E-state index in [9.17, 15) is 0 Å². The second-order valence-electron chi connectivity index (χ2n) is 5.62. The fourth-order valence-corrected chi connectivity index (χ4v) is 3.09. The Morgan fingerprint density at radius 3 is 2.86 bits per heavy atom. The van der Waals surface area contributed by atoms with Crippen LogP contribution in [0.15, 0.2) is 42.6 Å². The molecule has 0 N–H and O–H groups in total. The van der Waals surface area contributed by atoms with E-state index in [1.54, 1.807) is 6.20 Å². The maximum Gasteiger partial charge on any atom is 0.164 e. The molecule has 1 aromatic carbocycles. The fourth-order valence-electron chi connectivity index (χ4n) is 2.96. The zero-order valence-electron chi connectivity index (χ0n) is 12.1. The number of hydrogen-bond acceptors (Lipinski definition) is 3. The van der Waals surface area contributed by atoms with Gasteiger partial charge in [0, 0.05) is 36.5 Å². The molecule has 0 spiro atoms. The molecule has 1 aliphatic heterocycles. The second kappa shape index (κ2) is 5.71. The lowest BCUT2D eigenvalue weighted by Crippen LogP contribution is -2.09. The zero-order chi connectivity index (χ0) is 14.9. The minimum absolute atomic E-state index is 0.530. The minimum atomic E-state index is 0.530. The zero-order valence-corrected chi connectivity index (χ0v) is 12.8. The third-order valence-corrected chi connectivity index (χ3v) is 4.32. The summed E-state index contributed by atoms with van der Waals surface area (Å²) in [5.74, 6) is 1.56. The van der Waals surface area contributed by atoms with Crippen molar-refractivity contribution in [3.05, 3.63) is 53.4 Å². The van der Waals surface area contributed by atoms with Crippen molar-refractivity contribution in [3.63, 3.8) is 0 Å². The van der Waals surface area contributed by atoms with Gasteiger partial charge in [-0.2, -0.15) is 0 Å². The summed E-state index contributed by atoms with van der Waals surface area (Å²) in [5.41, 5.74) is 2.85. The Hall–Kier alpha value is -1.91. The van der Waals surface area contributed by atoms with Crippen LogP contribution in [0.2, 0.25) is 5.02 Å². The van der Waals surface area contributed by atoms with Crippen LogP contribution >= 0.6 is 11.6 Å². The van der Waals surface area contributed by atoms with Gasteiger partial charge in [0.1, 0.15) is 11.3 Å². The Morgan fingerprint density at radius 2 is 2.09 bits per heavy atom. The first-order valence-corrected chi connectivity index (χ1v) is 7.85. The summed E-state index contributed by atoms with van der Waals surface area (Å²) in [6, 6.07) is 11.7. The summed E-state index contributed by atoms with van der Waals surface area (Å²) in [6.07, 6.45) is 3.80. The highest BCUT2D eigenvalue weighted by Crippen LogP contribution is 2.25. The Balaban J connectivity index is 1.83. The maximum absolute atomic E-state index is 6.01. The van der Waals surface area contributed by atoms with Crippen molar-refractivity contribution in [2.75, 3.05) is 13.2 Å². The average Bonchev–Trinajstić information content (AvgIpc) is 3.16. The predicted molar refractivity (Wildman–Crippen MR) is 86.5 cm³/mol. The van der Waals surface area contributed by atoms with Crippen LogP contribution in [-0.4, -0.2) is 27.7 Å². The van der Waals surface area contributed by atoms with Gasteiger partial charge in [0.05, 0.1) is 0 Å². The number of pyridine rings is 1. The summed E-state index contributed by atoms with van der Waals surface area (Å²) in [4.78, 5) is 9.30. The highest BCUT2D eigenvalue weighted by Gasteiger charge is 2.21.